The number of hydrogen-bond donors (Lipinski definition) is 2. The maximum atomic E-state index is 10.6. The van der Waals surface area contributed by atoms with E-state index >= 15 is 0 Å². The lowest BCUT2D eigenvalue weighted by molar-refractivity contribution is -0.192. The Labute approximate surface area is 92.6 Å². The predicted molar refractivity (Wildman–Crippen MR) is 53.0 cm³/mol. The summed E-state index contributed by atoms with van der Waals surface area (Å²) < 4.78 is 36.6. The van der Waals surface area contributed by atoms with Gasteiger partial charge in [0.1, 0.15) is 0 Å². The molecular weight excluding hydrogens is 227 g/mol. The van der Waals surface area contributed by atoms with Crippen molar-refractivity contribution in [1.82, 2.24) is 0 Å². The third-order valence-corrected chi connectivity index (χ3v) is 1.70. The molecule has 1 atom stereocenters. The molecule has 0 aliphatic rings. The second-order valence-corrected chi connectivity index (χ2v) is 4.23. The van der Waals surface area contributed by atoms with Gasteiger partial charge in [0.25, 0.3) is 0 Å². The molecule has 0 rings (SSSR count). The monoisotopic (exact) mass is 245 g/mol. The summed E-state index contributed by atoms with van der Waals surface area (Å²) in [6.45, 7) is 6.97. The predicted octanol–water partition coefficient (Wildman–Crippen LogP) is 1.64. The number of carbonyl (C=O) groups is 1. The Morgan fingerprint density at radius 3 is 1.75 bits per heavy atom. The van der Waals surface area contributed by atoms with Gasteiger partial charge in [-0.2, -0.15) is 13.2 Å². The van der Waals surface area contributed by atoms with Crippen molar-refractivity contribution in [3.63, 3.8) is 0 Å². The van der Waals surface area contributed by atoms with Gasteiger partial charge in [0, 0.05) is 13.2 Å². The minimum atomic E-state index is -5.08. The third kappa shape index (κ3) is 9.72. The normalized spacial score (nSPS) is 13.8. The van der Waals surface area contributed by atoms with Crippen molar-refractivity contribution in [2.24, 2.45) is 11.1 Å². The zero-order valence-electron chi connectivity index (χ0n) is 9.76. The molecule has 3 N–H and O–H groups in total. The molecule has 0 aromatic heterocycles. The van der Waals surface area contributed by atoms with Crippen LogP contribution < -0.4 is 5.73 Å². The van der Waals surface area contributed by atoms with Gasteiger partial charge in [0.15, 0.2) is 0 Å². The first-order valence-electron chi connectivity index (χ1n) is 4.47. The second-order valence-electron chi connectivity index (χ2n) is 4.23. The molecule has 0 radical (unpaired) electrons. The zero-order chi connectivity index (χ0) is 13.6. The molecule has 0 saturated heterocycles. The Hall–Kier alpha value is -0.820. The molecule has 0 saturated carbocycles. The molecule has 0 amide bonds. The van der Waals surface area contributed by atoms with Gasteiger partial charge in [-0.3, -0.25) is 0 Å². The van der Waals surface area contributed by atoms with Gasteiger partial charge >= 0.3 is 12.1 Å². The molecule has 0 fully saturated rings. The van der Waals surface area contributed by atoms with Crippen molar-refractivity contribution in [3.05, 3.63) is 0 Å². The number of carboxylic acid groups (broad SMARTS) is 1. The summed E-state index contributed by atoms with van der Waals surface area (Å²) in [5, 5.41) is 7.12. The molecule has 0 heterocycles. The molecule has 4 nitrogen and oxygen atoms in total. The standard InChI is InChI=1S/C7H17NO.C2HF3O2/c1-7(2,3)6(8)5-9-4;3-2(4,5)1(6)7/h6H,5,8H2,1-4H3;(H,6,7)/t6-;/m0./s1. The summed E-state index contributed by atoms with van der Waals surface area (Å²) in [6.07, 6.45) is -5.08. The molecule has 0 aliphatic heterocycles. The molecular formula is C9H18F3NO3. The molecule has 16 heavy (non-hydrogen) atoms. The van der Waals surface area contributed by atoms with Crippen LogP contribution in [-0.2, 0) is 9.53 Å². The highest BCUT2D eigenvalue weighted by molar-refractivity contribution is 5.73. The van der Waals surface area contributed by atoms with E-state index in [0.29, 0.717) is 6.61 Å². The van der Waals surface area contributed by atoms with Crippen LogP contribution in [0.2, 0.25) is 0 Å². The highest BCUT2D eigenvalue weighted by Gasteiger charge is 2.38. The van der Waals surface area contributed by atoms with Crippen LogP contribution in [0.25, 0.3) is 0 Å². The van der Waals surface area contributed by atoms with E-state index in [4.69, 9.17) is 20.4 Å². The van der Waals surface area contributed by atoms with Crippen LogP contribution in [0.3, 0.4) is 0 Å². The Morgan fingerprint density at radius 1 is 1.38 bits per heavy atom. The van der Waals surface area contributed by atoms with Crippen molar-refractivity contribution in [2.45, 2.75) is 33.0 Å². The first kappa shape index (κ1) is 17.6. The fraction of sp³-hybridized carbons (Fsp3) is 0.889. The largest absolute Gasteiger partial charge is 0.490 e. The number of alkyl halides is 3. The van der Waals surface area contributed by atoms with Crippen molar-refractivity contribution >= 4 is 5.97 Å². The van der Waals surface area contributed by atoms with Crippen LogP contribution in [0.1, 0.15) is 20.8 Å². The summed E-state index contributed by atoms with van der Waals surface area (Å²) in [5.74, 6) is -2.76. The molecule has 0 unspecified atom stereocenters. The lowest BCUT2D eigenvalue weighted by Crippen LogP contribution is -2.38. The van der Waals surface area contributed by atoms with Gasteiger partial charge in [-0.15, -0.1) is 0 Å². The van der Waals surface area contributed by atoms with E-state index in [1.165, 1.54) is 0 Å². The van der Waals surface area contributed by atoms with Crippen molar-refractivity contribution in [3.8, 4) is 0 Å². The number of hydrogen-bond acceptors (Lipinski definition) is 3. The third-order valence-electron chi connectivity index (χ3n) is 1.70. The van der Waals surface area contributed by atoms with Gasteiger partial charge in [-0.25, -0.2) is 4.79 Å². The Kier molecular flexibility index (Phi) is 7.35. The van der Waals surface area contributed by atoms with Gasteiger partial charge < -0.3 is 15.6 Å². The number of halogens is 3. The topological polar surface area (TPSA) is 72.5 Å². The van der Waals surface area contributed by atoms with Crippen LogP contribution in [0, 0.1) is 5.41 Å². The SMILES string of the molecule is COC[C@H](N)C(C)(C)C.O=C(O)C(F)(F)F. The van der Waals surface area contributed by atoms with Crippen LogP contribution in [0.15, 0.2) is 0 Å². The molecule has 98 valence electrons. The molecule has 0 aromatic rings. The highest BCUT2D eigenvalue weighted by Crippen LogP contribution is 2.16. The van der Waals surface area contributed by atoms with Crippen LogP contribution >= 0.6 is 0 Å². The second kappa shape index (κ2) is 6.70. The van der Waals surface area contributed by atoms with Crippen molar-refractivity contribution in [2.75, 3.05) is 13.7 Å². The summed E-state index contributed by atoms with van der Waals surface area (Å²) >= 11 is 0. The summed E-state index contributed by atoms with van der Waals surface area (Å²) in [6, 6.07) is 0.141. The molecule has 0 bridgehead atoms. The first-order chi connectivity index (χ1) is 6.92. The Bertz CT molecular complexity index is 211. The van der Waals surface area contributed by atoms with Crippen molar-refractivity contribution in [1.29, 1.82) is 0 Å². The number of ether oxygens (including phenoxy) is 1. The Balaban J connectivity index is 0. The van der Waals surface area contributed by atoms with E-state index in [1.54, 1.807) is 7.11 Å². The Morgan fingerprint density at radius 2 is 1.69 bits per heavy atom. The summed E-state index contributed by atoms with van der Waals surface area (Å²) in [5.41, 5.74) is 5.90. The fourth-order valence-corrected chi connectivity index (χ4v) is 0.430. The average Bonchev–Trinajstić information content (AvgIpc) is 2.02. The van der Waals surface area contributed by atoms with E-state index in [-0.39, 0.29) is 11.5 Å². The van der Waals surface area contributed by atoms with E-state index in [1.807, 2.05) is 0 Å². The summed E-state index contributed by atoms with van der Waals surface area (Å²) in [7, 11) is 1.67. The van der Waals surface area contributed by atoms with Crippen LogP contribution in [0.4, 0.5) is 13.2 Å². The number of rotatable bonds is 2. The highest BCUT2D eigenvalue weighted by atomic mass is 19.4. The van der Waals surface area contributed by atoms with E-state index in [0.717, 1.165) is 0 Å². The lowest BCUT2D eigenvalue weighted by atomic mass is 9.88. The lowest BCUT2D eigenvalue weighted by Gasteiger charge is -2.25. The van der Waals surface area contributed by atoms with Crippen LogP contribution in [-0.4, -0.2) is 37.0 Å². The van der Waals surface area contributed by atoms with Gasteiger partial charge in [0.2, 0.25) is 0 Å². The average molecular weight is 245 g/mol. The quantitative estimate of drug-likeness (QED) is 0.775. The van der Waals surface area contributed by atoms with Gasteiger partial charge in [0.05, 0.1) is 6.61 Å². The molecule has 0 aliphatic carbocycles. The van der Waals surface area contributed by atoms with Gasteiger partial charge in [-0.05, 0) is 5.41 Å². The molecule has 7 heteroatoms. The van der Waals surface area contributed by atoms with Crippen LogP contribution in [0.5, 0.6) is 0 Å². The number of aliphatic carboxylic acids is 1. The van der Waals surface area contributed by atoms with Gasteiger partial charge in [-0.1, -0.05) is 20.8 Å². The molecule has 0 aromatic carbocycles. The zero-order valence-corrected chi connectivity index (χ0v) is 9.76. The fourth-order valence-electron chi connectivity index (χ4n) is 0.430. The maximum absolute atomic E-state index is 10.6. The number of nitrogens with two attached hydrogens (primary N) is 1. The van der Waals surface area contributed by atoms with E-state index in [9.17, 15) is 13.2 Å². The minimum Gasteiger partial charge on any atom is -0.475 e. The first-order valence-corrected chi connectivity index (χ1v) is 4.47. The summed E-state index contributed by atoms with van der Waals surface area (Å²) in [4.78, 5) is 8.90. The maximum Gasteiger partial charge on any atom is 0.490 e. The van der Waals surface area contributed by atoms with E-state index < -0.39 is 12.1 Å². The van der Waals surface area contributed by atoms with Crippen molar-refractivity contribution < 1.29 is 27.8 Å². The smallest absolute Gasteiger partial charge is 0.475 e. The van der Waals surface area contributed by atoms with E-state index in [2.05, 4.69) is 20.8 Å². The minimum absolute atomic E-state index is 0.141. The molecule has 0 spiro atoms. The number of carboxylic acids is 1. The number of methoxy groups -OCH3 is 1.